The zero-order valence-electron chi connectivity index (χ0n) is 17.3. The first-order chi connectivity index (χ1) is 11.9. The van der Waals surface area contributed by atoms with Gasteiger partial charge in [-0.2, -0.15) is 0 Å². The van der Waals surface area contributed by atoms with Crippen molar-refractivity contribution in [1.29, 1.82) is 0 Å². The van der Waals surface area contributed by atoms with Crippen LogP contribution in [0.15, 0.2) is 0 Å². The molecule has 0 fully saturated rings. The third kappa shape index (κ3) is 4.08. The van der Waals surface area contributed by atoms with Crippen LogP contribution in [0.2, 0.25) is 0 Å². The third-order valence-electron chi connectivity index (χ3n) is 4.56. The molecule has 0 aliphatic rings. The SMILES string of the molecule is COC(=O)c1c(C)c(C(=O)C(C)N(C(=O)NC(C)C)C(C)C)c(C)n1C. The standard InChI is InChI=1S/C19H31N3O4/c1-10(2)20-19(25)22(11(3)4)14(7)17(23)15-12(5)16(18(24)26-9)21(8)13(15)6/h10-11,14H,1-9H3,(H,20,25). The molecule has 0 aliphatic carbocycles. The van der Waals surface area contributed by atoms with Gasteiger partial charge in [-0.1, -0.05) is 0 Å². The van der Waals surface area contributed by atoms with E-state index < -0.39 is 12.0 Å². The number of esters is 1. The Balaban J connectivity index is 3.34. The molecule has 0 spiro atoms. The number of carbonyl (C=O) groups is 3. The van der Waals surface area contributed by atoms with Crippen molar-refractivity contribution in [3.05, 3.63) is 22.5 Å². The summed E-state index contributed by atoms with van der Waals surface area (Å²) >= 11 is 0. The number of rotatable bonds is 6. The third-order valence-corrected chi connectivity index (χ3v) is 4.56. The molecule has 0 bridgehead atoms. The Hall–Kier alpha value is -2.31. The molecule has 1 unspecified atom stereocenters. The fourth-order valence-electron chi connectivity index (χ4n) is 3.24. The number of aromatic nitrogens is 1. The lowest BCUT2D eigenvalue weighted by molar-refractivity contribution is 0.0588. The highest BCUT2D eigenvalue weighted by atomic mass is 16.5. The quantitative estimate of drug-likeness (QED) is 0.621. The van der Waals surface area contributed by atoms with Crippen LogP contribution in [0.5, 0.6) is 0 Å². The molecule has 26 heavy (non-hydrogen) atoms. The van der Waals surface area contributed by atoms with E-state index in [1.54, 1.807) is 32.4 Å². The van der Waals surface area contributed by atoms with Gasteiger partial charge in [-0.05, 0) is 54.0 Å². The van der Waals surface area contributed by atoms with Crippen molar-refractivity contribution in [3.8, 4) is 0 Å². The lowest BCUT2D eigenvalue weighted by atomic mass is 9.99. The number of nitrogens with zero attached hydrogens (tertiary/aromatic N) is 2. The molecule has 0 saturated heterocycles. The number of urea groups is 1. The Morgan fingerprint density at radius 2 is 1.62 bits per heavy atom. The number of nitrogens with one attached hydrogen (secondary N) is 1. The van der Waals surface area contributed by atoms with Crippen molar-refractivity contribution in [2.45, 2.75) is 66.6 Å². The summed E-state index contributed by atoms with van der Waals surface area (Å²) in [5, 5.41) is 2.84. The molecular formula is C19H31N3O4. The number of ether oxygens (including phenoxy) is 1. The summed E-state index contributed by atoms with van der Waals surface area (Å²) in [6.45, 7) is 12.7. The zero-order chi connectivity index (χ0) is 20.3. The molecule has 1 rings (SSSR count). The van der Waals surface area contributed by atoms with Crippen molar-refractivity contribution >= 4 is 17.8 Å². The highest BCUT2D eigenvalue weighted by molar-refractivity contribution is 6.06. The van der Waals surface area contributed by atoms with Gasteiger partial charge in [-0.3, -0.25) is 4.79 Å². The fraction of sp³-hybridized carbons (Fsp3) is 0.632. The number of amides is 2. The molecule has 0 radical (unpaired) electrons. The minimum Gasteiger partial charge on any atom is -0.464 e. The van der Waals surface area contributed by atoms with Crippen LogP contribution < -0.4 is 5.32 Å². The van der Waals surface area contributed by atoms with Gasteiger partial charge in [0.15, 0.2) is 5.78 Å². The van der Waals surface area contributed by atoms with Gasteiger partial charge >= 0.3 is 12.0 Å². The monoisotopic (exact) mass is 365 g/mol. The zero-order valence-corrected chi connectivity index (χ0v) is 17.3. The van der Waals surface area contributed by atoms with Gasteiger partial charge in [-0.25, -0.2) is 9.59 Å². The summed E-state index contributed by atoms with van der Waals surface area (Å²) < 4.78 is 6.49. The fourth-order valence-corrected chi connectivity index (χ4v) is 3.24. The number of hydrogen-bond acceptors (Lipinski definition) is 4. The molecular weight excluding hydrogens is 334 g/mol. The molecule has 7 nitrogen and oxygen atoms in total. The van der Waals surface area contributed by atoms with Crippen LogP contribution in [-0.4, -0.2) is 52.5 Å². The van der Waals surface area contributed by atoms with E-state index in [1.165, 1.54) is 12.0 Å². The van der Waals surface area contributed by atoms with E-state index in [1.807, 2.05) is 27.7 Å². The molecule has 0 saturated carbocycles. The van der Waals surface area contributed by atoms with Crippen LogP contribution in [0.4, 0.5) is 4.79 Å². The van der Waals surface area contributed by atoms with E-state index in [0.29, 0.717) is 22.5 Å². The normalized spacial score (nSPS) is 12.3. The number of ketones is 1. The lowest BCUT2D eigenvalue weighted by Gasteiger charge is -2.33. The van der Waals surface area contributed by atoms with Crippen molar-refractivity contribution in [2.24, 2.45) is 7.05 Å². The average molecular weight is 365 g/mol. The second-order valence-electron chi connectivity index (χ2n) is 7.13. The highest BCUT2D eigenvalue weighted by Crippen LogP contribution is 2.25. The van der Waals surface area contributed by atoms with Gasteiger partial charge in [0.1, 0.15) is 5.69 Å². The van der Waals surface area contributed by atoms with Crippen molar-refractivity contribution in [2.75, 3.05) is 7.11 Å². The maximum atomic E-state index is 13.2. The molecule has 1 heterocycles. The van der Waals surface area contributed by atoms with Gasteiger partial charge in [0, 0.05) is 30.4 Å². The predicted molar refractivity (Wildman–Crippen MR) is 101 cm³/mol. The highest BCUT2D eigenvalue weighted by Gasteiger charge is 2.33. The minimum atomic E-state index is -0.668. The van der Waals surface area contributed by atoms with Gasteiger partial charge in [0.25, 0.3) is 0 Å². The van der Waals surface area contributed by atoms with Crippen LogP contribution in [-0.2, 0) is 11.8 Å². The first-order valence-corrected chi connectivity index (χ1v) is 8.82. The first kappa shape index (κ1) is 21.7. The molecule has 1 aromatic rings. The maximum absolute atomic E-state index is 13.2. The first-order valence-electron chi connectivity index (χ1n) is 8.82. The van der Waals surface area contributed by atoms with E-state index in [4.69, 9.17) is 4.74 Å². The summed E-state index contributed by atoms with van der Waals surface area (Å²) in [7, 11) is 3.03. The topological polar surface area (TPSA) is 80.6 Å². The summed E-state index contributed by atoms with van der Waals surface area (Å²) in [4.78, 5) is 39.4. The molecule has 1 atom stereocenters. The molecule has 0 aliphatic heterocycles. The van der Waals surface area contributed by atoms with E-state index in [-0.39, 0.29) is 23.9 Å². The molecule has 1 aromatic heterocycles. The smallest absolute Gasteiger partial charge is 0.354 e. The van der Waals surface area contributed by atoms with Crippen molar-refractivity contribution in [1.82, 2.24) is 14.8 Å². The van der Waals surface area contributed by atoms with E-state index >= 15 is 0 Å². The summed E-state index contributed by atoms with van der Waals surface area (Å²) in [5.74, 6) is -0.684. The second kappa shape index (κ2) is 8.38. The lowest BCUT2D eigenvalue weighted by Crippen LogP contribution is -2.53. The Morgan fingerprint density at radius 3 is 2.04 bits per heavy atom. The Labute approximate surface area is 155 Å². The Kier molecular flexibility index (Phi) is 7.00. The van der Waals surface area contributed by atoms with Gasteiger partial charge in [0.05, 0.1) is 13.2 Å². The van der Waals surface area contributed by atoms with Gasteiger partial charge in [0.2, 0.25) is 0 Å². The van der Waals surface area contributed by atoms with Crippen LogP contribution in [0.3, 0.4) is 0 Å². The predicted octanol–water partition coefficient (Wildman–Crippen LogP) is 2.83. The number of carbonyl (C=O) groups excluding carboxylic acids is 3. The van der Waals surface area contributed by atoms with Crippen LogP contribution in [0.25, 0.3) is 0 Å². The number of methoxy groups -OCH3 is 1. The molecule has 0 aromatic carbocycles. The summed E-state index contributed by atoms with van der Waals surface area (Å²) in [5.41, 5.74) is 2.06. The minimum absolute atomic E-state index is 0.0304. The summed E-state index contributed by atoms with van der Waals surface area (Å²) in [6, 6.07) is -1.14. The largest absolute Gasteiger partial charge is 0.464 e. The Bertz CT molecular complexity index is 704. The second-order valence-corrected chi connectivity index (χ2v) is 7.13. The number of hydrogen-bond donors (Lipinski definition) is 1. The van der Waals surface area contributed by atoms with Crippen LogP contribution >= 0.6 is 0 Å². The van der Waals surface area contributed by atoms with Crippen molar-refractivity contribution < 1.29 is 19.1 Å². The molecule has 146 valence electrons. The van der Waals surface area contributed by atoms with E-state index in [9.17, 15) is 14.4 Å². The van der Waals surface area contributed by atoms with E-state index in [2.05, 4.69) is 5.32 Å². The van der Waals surface area contributed by atoms with Crippen LogP contribution in [0, 0.1) is 13.8 Å². The number of Topliss-reactive ketones (excluding diaryl/α,β-unsaturated/α-hetero) is 1. The van der Waals surface area contributed by atoms with Crippen LogP contribution in [0.1, 0.15) is 66.7 Å². The van der Waals surface area contributed by atoms with E-state index in [0.717, 1.165) is 0 Å². The van der Waals surface area contributed by atoms with Gasteiger partial charge in [-0.15, -0.1) is 0 Å². The van der Waals surface area contributed by atoms with Crippen molar-refractivity contribution in [3.63, 3.8) is 0 Å². The Morgan fingerprint density at radius 1 is 1.08 bits per heavy atom. The molecule has 2 amide bonds. The summed E-state index contributed by atoms with van der Waals surface area (Å²) in [6.07, 6.45) is 0. The van der Waals surface area contributed by atoms with Gasteiger partial charge < -0.3 is 19.5 Å². The molecule has 7 heteroatoms. The average Bonchev–Trinajstić information content (AvgIpc) is 2.74. The molecule has 1 N–H and O–H groups in total. The maximum Gasteiger partial charge on any atom is 0.354 e.